The lowest BCUT2D eigenvalue weighted by Crippen LogP contribution is -2.70. The van der Waals surface area contributed by atoms with E-state index in [4.69, 9.17) is 119 Å². The van der Waals surface area contributed by atoms with Crippen LogP contribution in [0.1, 0.15) is 12.8 Å². The number of aliphatic hydroxyl groups is 12. The second kappa shape index (κ2) is 35.8. The molecule has 0 unspecified atom stereocenters. The van der Waals surface area contributed by atoms with Gasteiger partial charge in [-0.15, -0.1) is 0 Å². The maximum absolute atomic E-state index is 15.4. The van der Waals surface area contributed by atoms with E-state index < -0.39 is 278 Å². The summed E-state index contributed by atoms with van der Waals surface area (Å²) >= 11 is 0. The normalized spacial score (nSPS) is 45.8. The summed E-state index contributed by atoms with van der Waals surface area (Å²) in [5, 5.41) is 150. The van der Waals surface area contributed by atoms with Crippen molar-refractivity contribution >= 4 is 0 Å². The highest BCUT2D eigenvalue weighted by Gasteiger charge is 2.63. The van der Waals surface area contributed by atoms with E-state index in [0.717, 1.165) is 0 Å². The Hall–Kier alpha value is -6.27. The maximum atomic E-state index is 15.4. The number of hydrogen-bond donors (Lipinski definition) is 17. The van der Waals surface area contributed by atoms with Crippen molar-refractivity contribution in [2.45, 2.75) is 245 Å². The minimum absolute atomic E-state index is 0.0613. The lowest BCUT2D eigenvalue weighted by Gasteiger charge is -2.48. The Kier molecular flexibility index (Phi) is 29.0. The highest BCUT2D eigenvalue weighted by Crippen LogP contribution is 2.43. The average Bonchev–Trinajstić information content (AvgIpc) is 0.904. The maximum Gasteiger partial charge on any atom is 0.295 e. The lowest BCUT2D eigenvalue weighted by molar-refractivity contribution is -0.331. The van der Waals surface area contributed by atoms with E-state index in [0.29, 0.717) is 0 Å². The molecule has 0 radical (unpaired) electrons. The molecule has 0 amide bonds. The first-order chi connectivity index (χ1) is 47.5. The third-order valence-corrected chi connectivity index (χ3v) is 17.6. The van der Waals surface area contributed by atoms with Crippen molar-refractivity contribution in [3.63, 3.8) is 0 Å². The minimum Gasteiger partial charge on any atom is -0.394 e. The number of rotatable bonds is 25. The fourth-order valence-electron chi connectivity index (χ4n) is 12.2. The number of aliphatic hydroxyl groups excluding tert-OH is 12. The summed E-state index contributed by atoms with van der Waals surface area (Å²) in [6.07, 6.45) is -49.9. The van der Waals surface area contributed by atoms with Gasteiger partial charge in [-0.25, -0.2) is 17.6 Å². The molecule has 6 heterocycles. The van der Waals surface area contributed by atoms with Gasteiger partial charge in [-0.3, -0.25) is 0 Å². The smallest absolute Gasteiger partial charge is 0.295 e. The Morgan fingerprint density at radius 3 is 1.34 bits per heavy atom. The van der Waals surface area contributed by atoms with Crippen LogP contribution in [-0.2, 0) is 56.8 Å². The first-order valence-electron chi connectivity index (χ1n) is 30.1. The molecular formula is C46H74F4N26O24. The van der Waals surface area contributed by atoms with Crippen LogP contribution in [0.4, 0.5) is 17.6 Å². The predicted octanol–water partition coefficient (Wildman–Crippen LogP) is -5.78. The summed E-state index contributed by atoms with van der Waals surface area (Å²) in [4.78, 5) is 17.8. The zero-order valence-electron chi connectivity index (χ0n) is 51.5. The molecule has 8 rings (SSSR count). The molecule has 100 heavy (non-hydrogen) atoms. The van der Waals surface area contributed by atoms with Crippen molar-refractivity contribution in [2.75, 3.05) is 39.4 Å². The molecule has 22 N–H and O–H groups in total. The van der Waals surface area contributed by atoms with Gasteiger partial charge in [-0.05, 0) is 51.6 Å². The van der Waals surface area contributed by atoms with E-state index in [1.54, 1.807) is 0 Å². The number of hydrogen-bond acceptors (Lipinski definition) is 36. The van der Waals surface area contributed by atoms with Crippen LogP contribution in [0.3, 0.4) is 0 Å². The van der Waals surface area contributed by atoms with Gasteiger partial charge >= 0.3 is 0 Å². The first-order valence-corrected chi connectivity index (χ1v) is 30.1. The number of azide groups is 7. The molecule has 2 aliphatic carbocycles. The van der Waals surface area contributed by atoms with Crippen LogP contribution in [0.5, 0.6) is 0 Å². The number of nitrogens with two attached hydrogens (primary N) is 5. The monoisotopic (exact) mass is 1450 g/mol. The largest absolute Gasteiger partial charge is 0.394 e. The number of ether oxygens (including phenoxy) is 12. The van der Waals surface area contributed by atoms with Crippen molar-refractivity contribution < 1.29 is 136 Å². The van der Waals surface area contributed by atoms with Crippen molar-refractivity contribution in [3.05, 3.63) is 73.1 Å². The van der Waals surface area contributed by atoms with Gasteiger partial charge in [0.1, 0.15) is 104 Å². The van der Waals surface area contributed by atoms with Crippen LogP contribution >= 0.6 is 0 Å². The highest BCUT2D eigenvalue weighted by atomic mass is 19.3. The SMILES string of the molecule is [N-]=[N+]=NC[C@@H]1O[C@H](O[C@H]2[C@@H](O)[C@H](O[C@@H]3[C@@H](O)[C@H](N)C[C@H](N)[C@H]3O[C@H]3O[C@H](CN)[C@@H](O)C(F)(F)[C@H]3N)O[C@@H]2CO)[C@H](N)[C@@H](O)[C@@H]1O.[N-]=[N+]=NC[C@@H]1O[C@H](O[C@H]2[C@@H](O)[C@H](O[C@@H]3[C@@H](O)[C@H](N=[N+]=[N-])C[C@H](N=[N+]=[N-])[C@H]3O[C@H]3O[C@H](CN=[N+]=[N-])[C@@H](O)C(F)(F)[C@H]3N=[N+]=[N-])O[C@@H]2CO)[C@H](N=[N+]=[N-])[C@@H](O)[C@@H]1O. The molecule has 8 aliphatic rings. The summed E-state index contributed by atoms with van der Waals surface area (Å²) in [6, 6.07) is -13.0. The van der Waals surface area contributed by atoms with Crippen molar-refractivity contribution in [3.8, 4) is 0 Å². The second-order valence-electron chi connectivity index (χ2n) is 23.7. The van der Waals surface area contributed by atoms with Crippen molar-refractivity contribution in [1.82, 2.24) is 0 Å². The third kappa shape index (κ3) is 17.5. The fraction of sp³-hybridized carbons (Fsp3) is 1.00. The number of halogens is 4. The summed E-state index contributed by atoms with van der Waals surface area (Å²) in [5.74, 6) is -8.19. The van der Waals surface area contributed by atoms with E-state index in [2.05, 4.69) is 70.2 Å². The molecule has 50 nitrogen and oxygen atoms in total. The van der Waals surface area contributed by atoms with Crippen LogP contribution in [0.25, 0.3) is 73.1 Å². The van der Waals surface area contributed by atoms with Gasteiger partial charge in [0.2, 0.25) is 0 Å². The molecule has 2 saturated carbocycles. The molecule has 36 atom stereocenters. The van der Waals surface area contributed by atoms with E-state index in [9.17, 15) is 75.6 Å². The van der Waals surface area contributed by atoms with Crippen LogP contribution in [0, 0.1) is 0 Å². The predicted molar refractivity (Wildman–Crippen MR) is 309 cm³/mol. The molecule has 0 aromatic carbocycles. The quantitative estimate of drug-likeness (QED) is 0.0175. The van der Waals surface area contributed by atoms with Gasteiger partial charge in [-0.2, -0.15) is 0 Å². The number of alkyl halides is 4. The Bertz CT molecular complexity index is 3080. The van der Waals surface area contributed by atoms with Gasteiger partial charge in [-0.1, -0.05) is 35.8 Å². The Morgan fingerprint density at radius 2 is 0.820 bits per heavy atom. The zero-order chi connectivity index (χ0) is 73.8. The van der Waals surface area contributed by atoms with Gasteiger partial charge < -0.3 is 147 Å². The Labute approximate surface area is 556 Å². The molecule has 0 bridgehead atoms. The molecule has 560 valence electrons. The van der Waals surface area contributed by atoms with E-state index in [1.807, 2.05) is 0 Å². The lowest BCUT2D eigenvalue weighted by atomic mass is 9.84. The molecule has 0 aromatic heterocycles. The summed E-state index contributed by atoms with van der Waals surface area (Å²) in [5.41, 5.74) is 91.9. The van der Waals surface area contributed by atoms with Crippen molar-refractivity contribution in [2.24, 2.45) is 64.5 Å². The average molecular weight is 1450 g/mol. The van der Waals surface area contributed by atoms with Gasteiger partial charge in [0.05, 0.1) is 93.7 Å². The van der Waals surface area contributed by atoms with Crippen LogP contribution in [0.2, 0.25) is 0 Å². The van der Waals surface area contributed by atoms with Crippen LogP contribution in [-0.4, -0.2) is 333 Å². The van der Waals surface area contributed by atoms with Crippen LogP contribution in [0.15, 0.2) is 35.8 Å². The van der Waals surface area contributed by atoms with Gasteiger partial charge in [0.25, 0.3) is 11.8 Å². The molecule has 8 fully saturated rings. The minimum atomic E-state index is -4.31. The fourth-order valence-corrected chi connectivity index (χ4v) is 12.2. The second-order valence-corrected chi connectivity index (χ2v) is 23.7. The molecular weight excluding hydrogens is 1380 g/mol. The van der Waals surface area contributed by atoms with E-state index in [1.165, 1.54) is 0 Å². The molecule has 6 aliphatic heterocycles. The zero-order valence-corrected chi connectivity index (χ0v) is 51.5. The standard InChI is InChI=1S/C23H32F2N18O12.C23H42F2N8O12/c24-23(25)18(37-43-31)22(51-8(19(23)49)3-33-39-27)53-15-6(35-41-29)1-5(34-40-28)11(45)17(15)55-21-14(48)16(9(4-44)52-21)54-20-10(36-42-30)13(47)12(46)7(50-20)2-32-38-26;24-23(25)18(30)22(40-7(2-26)19(23)39)43-15-6(28)1-5(27)11(35)17(15)45-21-14(38)16(9(4-34)42-21)44-20-10(29)13(37)12(36)8(41-20)3-32-33-31/h5-22,44-49H,1-4H2;5-22,34-39H,1-4,26-30H2/t5-,6+,7+,8-,9-,10-,11+,12-,13-,14-,15-,16-,17-,18+,19-,20-,21+,22-;5-,6+,7-,8+,9-,10-,11+,12-,13-,14-,15-,16-,17-,18+,19-,20-,21+,22-/m11/s1. The molecule has 0 aromatic rings. The summed E-state index contributed by atoms with van der Waals surface area (Å²) in [7, 11) is 0. The number of nitrogens with zero attached hydrogens (tertiary/aromatic N) is 21. The third-order valence-electron chi connectivity index (χ3n) is 17.6. The van der Waals surface area contributed by atoms with Crippen molar-refractivity contribution in [1.29, 1.82) is 0 Å². The Balaban J connectivity index is 0.000000286. The summed E-state index contributed by atoms with van der Waals surface area (Å²) in [6.45, 7) is -3.99. The highest BCUT2D eigenvalue weighted by molar-refractivity contribution is 5.08. The first kappa shape index (κ1) is 81.0. The van der Waals surface area contributed by atoms with Crippen LogP contribution < -0.4 is 28.7 Å². The van der Waals surface area contributed by atoms with Gasteiger partial charge in [0, 0.05) is 53.0 Å². The molecule has 6 saturated heterocycles. The Morgan fingerprint density at radius 1 is 0.390 bits per heavy atom. The molecule has 0 spiro atoms. The molecule has 54 heteroatoms. The summed E-state index contributed by atoms with van der Waals surface area (Å²) < 4.78 is 128. The van der Waals surface area contributed by atoms with E-state index in [-0.39, 0.29) is 6.42 Å². The van der Waals surface area contributed by atoms with Gasteiger partial charge in [0.15, 0.2) is 43.8 Å². The topological polar surface area (TPSA) is 825 Å². The van der Waals surface area contributed by atoms with E-state index >= 15 is 8.78 Å².